The van der Waals surface area contributed by atoms with Crippen LogP contribution in [0.25, 0.3) is 0 Å². The maximum Gasteiger partial charge on any atom is 0.304 e. The number of hydrogen-bond donors (Lipinski definition) is 2. The predicted octanol–water partition coefficient (Wildman–Crippen LogP) is 2.06. The first-order valence-electron chi connectivity index (χ1n) is 6.76. The van der Waals surface area contributed by atoms with Crippen molar-refractivity contribution in [2.45, 2.75) is 39.8 Å². The number of rotatable bonds is 7. The topological polar surface area (TPSA) is 95.7 Å². The Morgan fingerprint density at radius 3 is 2.57 bits per heavy atom. The number of hydrogen-bond acceptors (Lipinski definition) is 6. The molecule has 7 nitrogen and oxygen atoms in total. The van der Waals surface area contributed by atoms with Gasteiger partial charge in [0.15, 0.2) is 5.00 Å². The molecule has 0 aliphatic carbocycles. The minimum atomic E-state index is -0.773. The van der Waals surface area contributed by atoms with Crippen LogP contribution in [0.2, 0.25) is 0 Å². The minimum Gasteiger partial charge on any atom is -0.388 e. The number of carbonyl (C=O) groups excluding carboxylic acids is 1. The van der Waals surface area contributed by atoms with Crippen LogP contribution in [0.15, 0.2) is 6.07 Å². The van der Waals surface area contributed by atoms with E-state index in [1.807, 2.05) is 20.8 Å². The molecule has 1 amide bonds. The first-order chi connectivity index (χ1) is 9.76. The van der Waals surface area contributed by atoms with Crippen LogP contribution in [0.4, 0.5) is 10.7 Å². The molecule has 0 aliphatic rings. The molecule has 0 radical (unpaired) electrons. The van der Waals surface area contributed by atoms with Crippen LogP contribution in [-0.4, -0.2) is 35.1 Å². The fraction of sp³-hybridized carbons (Fsp3) is 0.615. The van der Waals surface area contributed by atoms with Gasteiger partial charge in [0.1, 0.15) is 0 Å². The highest BCUT2D eigenvalue weighted by atomic mass is 32.1. The average molecular weight is 315 g/mol. The highest BCUT2D eigenvalue weighted by Crippen LogP contribution is 2.39. The highest BCUT2D eigenvalue weighted by Gasteiger charge is 2.26. The lowest BCUT2D eigenvalue weighted by Gasteiger charge is -2.20. The van der Waals surface area contributed by atoms with Gasteiger partial charge >= 0.3 is 5.69 Å². The van der Waals surface area contributed by atoms with E-state index in [1.165, 1.54) is 6.07 Å². The number of nitrogens with one attached hydrogen (secondary N) is 1. The fourth-order valence-electron chi connectivity index (χ4n) is 1.82. The molecule has 2 N–H and O–H groups in total. The molecule has 0 spiro atoms. The number of carbonyl (C=O) groups is 1. The van der Waals surface area contributed by atoms with Gasteiger partial charge in [0.25, 0.3) is 0 Å². The van der Waals surface area contributed by atoms with Gasteiger partial charge in [-0.25, -0.2) is 0 Å². The molecular formula is C13H21N3O4S. The van der Waals surface area contributed by atoms with E-state index < -0.39 is 11.0 Å². The molecule has 0 aromatic carbocycles. The Balaban J connectivity index is 3.04. The predicted molar refractivity (Wildman–Crippen MR) is 82.8 cm³/mol. The number of aliphatic hydroxyl groups is 1. The molecule has 1 heterocycles. The molecule has 0 saturated heterocycles. The molecule has 1 atom stereocenters. The van der Waals surface area contributed by atoms with Gasteiger partial charge in [-0.05, 0) is 27.7 Å². The van der Waals surface area contributed by atoms with Crippen LogP contribution < -0.4 is 10.2 Å². The van der Waals surface area contributed by atoms with Gasteiger partial charge in [-0.15, -0.1) is 11.3 Å². The lowest BCUT2D eigenvalue weighted by Crippen LogP contribution is -2.40. The monoisotopic (exact) mass is 315 g/mol. The molecule has 21 heavy (non-hydrogen) atoms. The molecule has 8 heteroatoms. The van der Waals surface area contributed by atoms with E-state index >= 15 is 0 Å². The molecule has 0 saturated carbocycles. The van der Waals surface area contributed by atoms with E-state index in [0.29, 0.717) is 16.4 Å². The maximum atomic E-state index is 11.9. The Morgan fingerprint density at radius 1 is 1.52 bits per heavy atom. The normalized spacial score (nSPS) is 12.3. The van der Waals surface area contributed by atoms with Crippen LogP contribution in [0, 0.1) is 10.1 Å². The second-order valence-corrected chi connectivity index (χ2v) is 6.07. The van der Waals surface area contributed by atoms with E-state index in [2.05, 4.69) is 5.32 Å². The quantitative estimate of drug-likeness (QED) is 0.593. The van der Waals surface area contributed by atoms with Crippen molar-refractivity contribution in [3.05, 3.63) is 21.1 Å². The van der Waals surface area contributed by atoms with Gasteiger partial charge in [-0.2, -0.15) is 0 Å². The molecule has 1 aromatic heterocycles. The molecule has 118 valence electrons. The van der Waals surface area contributed by atoms with Gasteiger partial charge in [0.05, 0.1) is 17.6 Å². The summed E-state index contributed by atoms with van der Waals surface area (Å²) in [6.07, 6.45) is -0.773. The number of aliphatic hydroxyl groups excluding tert-OH is 1. The van der Waals surface area contributed by atoms with E-state index in [1.54, 1.807) is 11.8 Å². The summed E-state index contributed by atoms with van der Waals surface area (Å²) in [6, 6.07) is 1.38. The van der Waals surface area contributed by atoms with Crippen LogP contribution >= 0.6 is 11.3 Å². The van der Waals surface area contributed by atoms with Gasteiger partial charge in [-0.1, -0.05) is 0 Å². The van der Waals surface area contributed by atoms with Gasteiger partial charge in [0, 0.05) is 23.5 Å². The summed E-state index contributed by atoms with van der Waals surface area (Å²) in [5.74, 6) is -0.187. The first kappa shape index (κ1) is 17.4. The van der Waals surface area contributed by atoms with E-state index in [0.717, 1.165) is 11.3 Å². The van der Waals surface area contributed by atoms with Crippen LogP contribution in [-0.2, 0) is 4.79 Å². The Kier molecular flexibility index (Phi) is 6.10. The molecule has 0 bridgehead atoms. The molecule has 1 rings (SSSR count). The lowest BCUT2D eigenvalue weighted by molar-refractivity contribution is -0.383. The Labute approximate surface area is 127 Å². The zero-order chi connectivity index (χ0) is 16.2. The van der Waals surface area contributed by atoms with E-state index in [9.17, 15) is 20.0 Å². The third-order valence-corrected chi connectivity index (χ3v) is 4.13. The summed E-state index contributed by atoms with van der Waals surface area (Å²) in [5.41, 5.74) is -0.0740. The van der Waals surface area contributed by atoms with Crippen LogP contribution in [0.3, 0.4) is 0 Å². The second-order valence-electron chi connectivity index (χ2n) is 5.01. The number of nitrogens with zero attached hydrogens (tertiary/aromatic N) is 2. The minimum absolute atomic E-state index is 0.0163. The number of thiophene rings is 1. The van der Waals surface area contributed by atoms with Gasteiger partial charge in [0.2, 0.25) is 5.91 Å². The summed E-state index contributed by atoms with van der Waals surface area (Å²) in [5, 5.41) is 23.9. The van der Waals surface area contributed by atoms with Crippen molar-refractivity contribution in [1.82, 2.24) is 5.32 Å². The zero-order valence-corrected chi connectivity index (χ0v) is 13.4. The number of amides is 1. The molecule has 1 aromatic rings. The second kappa shape index (κ2) is 7.37. The summed E-state index contributed by atoms with van der Waals surface area (Å²) in [4.78, 5) is 24.7. The molecular weight excluding hydrogens is 294 g/mol. The SMILES string of the molecule is CCN(CC(=O)NC(C)C)c1sc(C(C)O)cc1[N+](=O)[O-]. The average Bonchev–Trinajstić information content (AvgIpc) is 2.80. The maximum absolute atomic E-state index is 11.9. The van der Waals surface area contributed by atoms with Crippen LogP contribution in [0.5, 0.6) is 0 Å². The van der Waals surface area contributed by atoms with Crippen molar-refractivity contribution in [3.63, 3.8) is 0 Å². The van der Waals surface area contributed by atoms with Crippen molar-refractivity contribution < 1.29 is 14.8 Å². The summed E-state index contributed by atoms with van der Waals surface area (Å²) >= 11 is 1.14. The van der Waals surface area contributed by atoms with Gasteiger partial charge in [-0.3, -0.25) is 14.9 Å². The lowest BCUT2D eigenvalue weighted by atomic mass is 10.3. The smallest absolute Gasteiger partial charge is 0.304 e. The molecule has 0 fully saturated rings. The first-order valence-corrected chi connectivity index (χ1v) is 7.58. The Bertz CT molecular complexity index is 514. The number of likely N-dealkylation sites (N-methyl/N-ethyl adjacent to an activating group) is 1. The van der Waals surface area contributed by atoms with Crippen molar-refractivity contribution in [1.29, 1.82) is 0 Å². The Morgan fingerprint density at radius 2 is 2.14 bits per heavy atom. The highest BCUT2D eigenvalue weighted by molar-refractivity contribution is 7.16. The van der Waals surface area contributed by atoms with Crippen molar-refractivity contribution in [2.75, 3.05) is 18.0 Å². The number of anilines is 1. The standard InChI is InChI=1S/C13H21N3O4S/c1-5-15(7-12(18)14-8(2)3)13-10(16(19)20)6-11(21-13)9(4)17/h6,8-9,17H,5,7H2,1-4H3,(H,14,18). The molecule has 0 aliphatic heterocycles. The van der Waals surface area contributed by atoms with E-state index in [4.69, 9.17) is 0 Å². The van der Waals surface area contributed by atoms with Crippen molar-refractivity contribution in [2.24, 2.45) is 0 Å². The summed E-state index contributed by atoms with van der Waals surface area (Å²) in [7, 11) is 0. The van der Waals surface area contributed by atoms with Crippen LogP contribution in [0.1, 0.15) is 38.7 Å². The largest absolute Gasteiger partial charge is 0.388 e. The molecule has 1 unspecified atom stereocenters. The van der Waals surface area contributed by atoms with Crippen molar-refractivity contribution >= 4 is 27.9 Å². The zero-order valence-electron chi connectivity index (χ0n) is 12.6. The summed E-state index contributed by atoms with van der Waals surface area (Å²) in [6.45, 7) is 7.61. The third kappa shape index (κ3) is 4.68. The van der Waals surface area contributed by atoms with Crippen molar-refractivity contribution in [3.8, 4) is 0 Å². The van der Waals surface area contributed by atoms with E-state index in [-0.39, 0.29) is 24.2 Å². The summed E-state index contributed by atoms with van der Waals surface area (Å²) < 4.78 is 0. The number of nitro groups is 1. The fourth-order valence-corrected chi connectivity index (χ4v) is 2.95. The van der Waals surface area contributed by atoms with Gasteiger partial charge < -0.3 is 15.3 Å². The Hall–Kier alpha value is -1.67. The third-order valence-electron chi connectivity index (χ3n) is 2.77.